The topological polar surface area (TPSA) is 9.23 Å². The molecule has 0 spiro atoms. The van der Waals surface area contributed by atoms with Gasteiger partial charge in [-0.2, -0.15) is 0 Å². The first-order chi connectivity index (χ1) is 11.2. The van der Waals surface area contributed by atoms with Crippen LogP contribution in [0, 0.1) is 12.8 Å². The first kappa shape index (κ1) is 18.9. The number of aryl methyl sites for hydroxylation is 1. The normalized spacial score (nSPS) is 21.3. The minimum absolute atomic E-state index is 0.403. The van der Waals surface area contributed by atoms with Gasteiger partial charge in [-0.15, -0.1) is 0 Å². The molecule has 130 valence electrons. The molecule has 1 heterocycles. The third-order valence-electron chi connectivity index (χ3n) is 5.30. The van der Waals surface area contributed by atoms with Gasteiger partial charge in [-0.3, -0.25) is 0 Å². The van der Waals surface area contributed by atoms with Gasteiger partial charge in [0.05, 0.1) is 6.61 Å². The second kappa shape index (κ2) is 10.4. The van der Waals surface area contributed by atoms with Crippen LogP contribution in [0.15, 0.2) is 18.2 Å². The molecule has 0 bridgehead atoms. The molecule has 0 unspecified atom stereocenters. The maximum absolute atomic E-state index is 6.06. The summed E-state index contributed by atoms with van der Waals surface area (Å²) in [5, 5.41) is 0.822. The molecule has 1 saturated heterocycles. The van der Waals surface area contributed by atoms with E-state index in [4.69, 9.17) is 16.3 Å². The lowest BCUT2D eigenvalue weighted by Crippen LogP contribution is -2.24. The number of hydrogen-bond acceptors (Lipinski definition) is 1. The lowest BCUT2D eigenvalue weighted by molar-refractivity contribution is 0.236. The van der Waals surface area contributed by atoms with Crippen molar-refractivity contribution in [3.05, 3.63) is 28.8 Å². The molecule has 2 rings (SSSR count). The Morgan fingerprint density at radius 2 is 1.87 bits per heavy atom. The summed E-state index contributed by atoms with van der Waals surface area (Å²) in [5.41, 5.74) is 1.10. The van der Waals surface area contributed by atoms with Gasteiger partial charge in [0.25, 0.3) is 0 Å². The van der Waals surface area contributed by atoms with Gasteiger partial charge in [0.2, 0.25) is 0 Å². The van der Waals surface area contributed by atoms with Crippen molar-refractivity contribution < 1.29 is 4.74 Å². The average Bonchev–Trinajstić information content (AvgIpc) is 2.57. The molecule has 0 radical (unpaired) electrons. The Morgan fingerprint density at radius 1 is 1.13 bits per heavy atom. The molecule has 0 aliphatic carbocycles. The Labute approximate surface area is 149 Å². The van der Waals surface area contributed by atoms with Gasteiger partial charge in [0, 0.05) is 13.8 Å². The third-order valence-corrected chi connectivity index (χ3v) is 9.25. The number of unbranched alkanes of at least 4 members (excludes halogenated alkanes) is 4. The molecule has 1 aromatic rings. The zero-order chi connectivity index (χ0) is 16.5. The molecule has 1 fully saturated rings. The number of ether oxygens (including phenoxy) is 1. The van der Waals surface area contributed by atoms with Crippen LogP contribution in [-0.4, -0.2) is 15.4 Å². The van der Waals surface area contributed by atoms with Crippen molar-refractivity contribution in [3.63, 3.8) is 0 Å². The summed E-state index contributed by atoms with van der Waals surface area (Å²) in [6, 6.07) is 10.7. The van der Waals surface area contributed by atoms with Crippen molar-refractivity contribution in [3.8, 4) is 5.75 Å². The van der Waals surface area contributed by atoms with Gasteiger partial charge < -0.3 is 4.74 Å². The fourth-order valence-electron chi connectivity index (χ4n) is 3.64. The standard InChI is InChI=1S/C20H33ClOSi/c1-3-4-5-6-7-12-23-13-10-18(11-14-23)16-22-19-8-9-20(21)17(2)15-19/h8-9,15,18,23H,3-7,10-14,16H2,1-2H3/t18-,23-. The maximum atomic E-state index is 6.06. The van der Waals surface area contributed by atoms with Crippen LogP contribution in [0.3, 0.4) is 0 Å². The van der Waals surface area contributed by atoms with Gasteiger partial charge in [0.1, 0.15) is 5.75 Å². The lowest BCUT2D eigenvalue weighted by atomic mass is 10.0. The van der Waals surface area contributed by atoms with Crippen LogP contribution in [0.5, 0.6) is 5.75 Å². The predicted molar refractivity (Wildman–Crippen MR) is 105 cm³/mol. The Bertz CT molecular complexity index is 455. The molecule has 0 amide bonds. The highest BCUT2D eigenvalue weighted by atomic mass is 35.5. The summed E-state index contributed by atoms with van der Waals surface area (Å²) in [4.78, 5) is 0. The van der Waals surface area contributed by atoms with E-state index in [2.05, 4.69) is 13.0 Å². The molecule has 3 heteroatoms. The fourth-order valence-corrected chi connectivity index (χ4v) is 7.38. The van der Waals surface area contributed by atoms with Crippen LogP contribution < -0.4 is 4.74 Å². The highest BCUT2D eigenvalue weighted by Gasteiger charge is 2.22. The van der Waals surface area contributed by atoms with Crippen molar-refractivity contribution in [2.24, 2.45) is 5.92 Å². The number of hydrogen-bond donors (Lipinski definition) is 0. The van der Waals surface area contributed by atoms with Crippen molar-refractivity contribution in [2.45, 2.75) is 76.9 Å². The molecule has 0 atom stereocenters. The third kappa shape index (κ3) is 6.89. The zero-order valence-electron chi connectivity index (χ0n) is 15.0. The van der Waals surface area contributed by atoms with E-state index in [0.717, 1.165) is 28.9 Å². The highest BCUT2D eigenvalue weighted by Crippen LogP contribution is 2.29. The molecule has 23 heavy (non-hydrogen) atoms. The minimum atomic E-state index is -0.403. The summed E-state index contributed by atoms with van der Waals surface area (Å²) in [5.74, 6) is 1.75. The monoisotopic (exact) mass is 352 g/mol. The Balaban J connectivity index is 1.60. The second-order valence-corrected chi connectivity index (χ2v) is 11.2. The van der Waals surface area contributed by atoms with Gasteiger partial charge in [-0.1, -0.05) is 68.8 Å². The van der Waals surface area contributed by atoms with Crippen LogP contribution in [0.1, 0.15) is 57.4 Å². The molecule has 1 aliphatic rings. The number of rotatable bonds is 9. The molecule has 1 nitrogen and oxygen atoms in total. The fraction of sp³-hybridized carbons (Fsp3) is 0.700. The zero-order valence-corrected chi connectivity index (χ0v) is 16.9. The molecular formula is C20H33ClOSi. The minimum Gasteiger partial charge on any atom is -0.493 e. The van der Waals surface area contributed by atoms with Crippen molar-refractivity contribution in [2.75, 3.05) is 6.61 Å². The first-order valence-corrected chi connectivity index (χ1v) is 12.4. The van der Waals surface area contributed by atoms with Crippen LogP contribution in [0.25, 0.3) is 0 Å². The highest BCUT2D eigenvalue weighted by molar-refractivity contribution is 6.58. The van der Waals surface area contributed by atoms with Crippen LogP contribution in [0.2, 0.25) is 23.2 Å². The SMILES string of the molecule is CCCCCCC[Si@H]1CC[C@H](COc2ccc(Cl)c(C)c2)CC1. The van der Waals surface area contributed by atoms with E-state index < -0.39 is 8.80 Å². The summed E-state index contributed by atoms with van der Waals surface area (Å²) >= 11 is 6.06. The van der Waals surface area contributed by atoms with Gasteiger partial charge in [0.15, 0.2) is 0 Å². The van der Waals surface area contributed by atoms with Crippen molar-refractivity contribution in [1.82, 2.24) is 0 Å². The van der Waals surface area contributed by atoms with Crippen LogP contribution >= 0.6 is 11.6 Å². The largest absolute Gasteiger partial charge is 0.493 e. The molecule has 0 aromatic heterocycles. The van der Waals surface area contributed by atoms with E-state index in [9.17, 15) is 0 Å². The van der Waals surface area contributed by atoms with E-state index in [1.165, 1.54) is 44.9 Å². The smallest absolute Gasteiger partial charge is 0.119 e. The summed E-state index contributed by atoms with van der Waals surface area (Å²) in [6.45, 7) is 5.22. The first-order valence-electron chi connectivity index (χ1n) is 9.58. The molecule has 1 aromatic carbocycles. The second-order valence-electron chi connectivity index (χ2n) is 7.31. The molecule has 0 saturated carbocycles. The maximum Gasteiger partial charge on any atom is 0.119 e. The number of halogens is 1. The van der Waals surface area contributed by atoms with Gasteiger partial charge in [-0.25, -0.2) is 0 Å². The average molecular weight is 353 g/mol. The lowest BCUT2D eigenvalue weighted by Gasteiger charge is -2.27. The summed E-state index contributed by atoms with van der Waals surface area (Å²) in [7, 11) is -0.403. The van der Waals surface area contributed by atoms with E-state index >= 15 is 0 Å². The Kier molecular flexibility index (Phi) is 8.53. The summed E-state index contributed by atoms with van der Waals surface area (Å²) in [6.07, 6.45) is 10.0. The van der Waals surface area contributed by atoms with E-state index in [1.54, 1.807) is 18.1 Å². The van der Waals surface area contributed by atoms with E-state index in [1.807, 2.05) is 19.1 Å². The van der Waals surface area contributed by atoms with Gasteiger partial charge in [-0.05, 0) is 49.4 Å². The van der Waals surface area contributed by atoms with Crippen LogP contribution in [0.4, 0.5) is 0 Å². The Hall–Kier alpha value is -0.473. The van der Waals surface area contributed by atoms with E-state index in [0.29, 0.717) is 0 Å². The molecular weight excluding hydrogens is 320 g/mol. The summed E-state index contributed by atoms with van der Waals surface area (Å²) < 4.78 is 6.00. The van der Waals surface area contributed by atoms with Gasteiger partial charge >= 0.3 is 0 Å². The Morgan fingerprint density at radius 3 is 2.57 bits per heavy atom. The van der Waals surface area contributed by atoms with Crippen LogP contribution in [-0.2, 0) is 0 Å². The van der Waals surface area contributed by atoms with E-state index in [-0.39, 0.29) is 0 Å². The van der Waals surface area contributed by atoms with Crippen molar-refractivity contribution >= 4 is 20.4 Å². The quantitative estimate of drug-likeness (QED) is 0.357. The molecule has 1 aliphatic heterocycles. The molecule has 0 N–H and O–H groups in total. The predicted octanol–water partition coefficient (Wildman–Crippen LogP) is 6.63. The number of benzene rings is 1. The van der Waals surface area contributed by atoms with Crippen molar-refractivity contribution in [1.29, 1.82) is 0 Å².